The van der Waals surface area contributed by atoms with E-state index < -0.39 is 11.9 Å². The van der Waals surface area contributed by atoms with Crippen molar-refractivity contribution in [2.24, 2.45) is 0 Å². The average molecular weight is 463 g/mol. The van der Waals surface area contributed by atoms with Gasteiger partial charge in [-0.2, -0.15) is 0 Å². The number of hydrogen-bond donors (Lipinski definition) is 3. The number of carboxylic acids is 1. The van der Waals surface area contributed by atoms with Gasteiger partial charge in [0, 0.05) is 23.2 Å². The van der Waals surface area contributed by atoms with Crippen LogP contribution in [0.1, 0.15) is 40.9 Å². The van der Waals surface area contributed by atoms with Crippen molar-refractivity contribution >= 4 is 51.9 Å². The van der Waals surface area contributed by atoms with Crippen LogP contribution in [0.4, 0.5) is 0 Å². The predicted octanol–water partition coefficient (Wildman–Crippen LogP) is 4.35. The summed E-state index contributed by atoms with van der Waals surface area (Å²) in [4.78, 5) is 36.7. The SMILES string of the molecule is Cc1c([C@H](C)C(=O)NCCC(=O)O)c2cc(O)ccc2n1C(=O)c1ccc(Cl)c(Cl)c1. The van der Waals surface area contributed by atoms with E-state index in [-0.39, 0.29) is 35.6 Å². The molecular formula is C22H20Cl2N2O5. The molecule has 0 aliphatic carbocycles. The monoisotopic (exact) mass is 462 g/mol. The molecule has 1 aromatic heterocycles. The highest BCUT2D eigenvalue weighted by Crippen LogP contribution is 2.35. The number of carbonyl (C=O) groups excluding carboxylic acids is 2. The number of aliphatic carboxylic acids is 1. The number of aromatic hydroxyl groups is 1. The molecule has 0 aliphatic heterocycles. The van der Waals surface area contributed by atoms with Gasteiger partial charge in [-0.05, 0) is 55.8 Å². The van der Waals surface area contributed by atoms with Crippen molar-refractivity contribution in [3.63, 3.8) is 0 Å². The molecule has 162 valence electrons. The summed E-state index contributed by atoms with van der Waals surface area (Å²) in [5, 5.41) is 22.5. The van der Waals surface area contributed by atoms with Crippen LogP contribution in [0.15, 0.2) is 36.4 Å². The number of hydrogen-bond acceptors (Lipinski definition) is 4. The van der Waals surface area contributed by atoms with E-state index in [4.69, 9.17) is 28.3 Å². The number of halogens is 2. The average Bonchev–Trinajstić information content (AvgIpc) is 2.99. The molecule has 0 unspecified atom stereocenters. The Hall–Kier alpha value is -3.03. The summed E-state index contributed by atoms with van der Waals surface area (Å²) in [6, 6.07) is 9.12. The van der Waals surface area contributed by atoms with Crippen molar-refractivity contribution in [2.75, 3.05) is 6.54 Å². The smallest absolute Gasteiger partial charge is 0.305 e. The summed E-state index contributed by atoms with van der Waals surface area (Å²) in [7, 11) is 0. The molecule has 1 amide bonds. The summed E-state index contributed by atoms with van der Waals surface area (Å²) >= 11 is 12.0. The molecule has 2 aromatic carbocycles. The molecule has 3 rings (SSSR count). The maximum absolute atomic E-state index is 13.3. The lowest BCUT2D eigenvalue weighted by molar-refractivity contribution is -0.136. The Kier molecular flexibility index (Phi) is 6.57. The number of amides is 1. The highest BCUT2D eigenvalue weighted by atomic mass is 35.5. The Labute approximate surface area is 188 Å². The Bertz CT molecular complexity index is 1200. The number of aromatic nitrogens is 1. The summed E-state index contributed by atoms with van der Waals surface area (Å²) in [6.45, 7) is 3.36. The molecule has 1 atom stereocenters. The molecule has 0 spiro atoms. The zero-order valence-electron chi connectivity index (χ0n) is 16.8. The van der Waals surface area contributed by atoms with Gasteiger partial charge in [-0.25, -0.2) is 0 Å². The third-order valence-corrected chi connectivity index (χ3v) is 5.81. The van der Waals surface area contributed by atoms with Crippen LogP contribution in [0.25, 0.3) is 10.9 Å². The molecule has 0 saturated carbocycles. The first kappa shape index (κ1) is 22.7. The summed E-state index contributed by atoms with van der Waals surface area (Å²) in [6.07, 6.45) is -0.199. The van der Waals surface area contributed by atoms with Gasteiger partial charge in [0.15, 0.2) is 0 Å². The third-order valence-electron chi connectivity index (χ3n) is 5.07. The van der Waals surface area contributed by atoms with Crippen molar-refractivity contribution < 1.29 is 24.6 Å². The van der Waals surface area contributed by atoms with Gasteiger partial charge in [-0.3, -0.25) is 19.0 Å². The minimum Gasteiger partial charge on any atom is -0.508 e. The van der Waals surface area contributed by atoms with E-state index in [2.05, 4.69) is 5.32 Å². The molecule has 0 bridgehead atoms. The molecule has 3 aromatic rings. The van der Waals surface area contributed by atoms with Crippen LogP contribution < -0.4 is 5.32 Å². The first-order chi connectivity index (χ1) is 14.6. The van der Waals surface area contributed by atoms with E-state index in [1.54, 1.807) is 26.0 Å². The van der Waals surface area contributed by atoms with Gasteiger partial charge < -0.3 is 15.5 Å². The number of carbonyl (C=O) groups is 3. The molecule has 0 saturated heterocycles. The number of rotatable bonds is 6. The molecule has 3 N–H and O–H groups in total. The summed E-state index contributed by atoms with van der Waals surface area (Å²) in [5.41, 5.74) is 1.92. The summed E-state index contributed by atoms with van der Waals surface area (Å²) in [5.74, 6) is -2.46. The van der Waals surface area contributed by atoms with E-state index >= 15 is 0 Å². The van der Waals surface area contributed by atoms with Crippen LogP contribution in [-0.4, -0.2) is 39.1 Å². The number of phenolic OH excluding ortho intramolecular Hbond substituents is 1. The summed E-state index contributed by atoms with van der Waals surface area (Å²) < 4.78 is 1.46. The fourth-order valence-corrected chi connectivity index (χ4v) is 3.87. The zero-order chi connectivity index (χ0) is 22.9. The number of fused-ring (bicyclic) bond motifs is 1. The molecule has 7 nitrogen and oxygen atoms in total. The van der Waals surface area contributed by atoms with Crippen LogP contribution in [0.3, 0.4) is 0 Å². The molecule has 0 fully saturated rings. The minimum absolute atomic E-state index is 0.00799. The van der Waals surface area contributed by atoms with Crippen LogP contribution in [0.5, 0.6) is 5.75 Å². The van der Waals surface area contributed by atoms with Crippen molar-refractivity contribution in [1.82, 2.24) is 9.88 Å². The fraction of sp³-hybridized carbons (Fsp3) is 0.227. The van der Waals surface area contributed by atoms with Gasteiger partial charge >= 0.3 is 5.97 Å². The second-order valence-electron chi connectivity index (χ2n) is 7.13. The lowest BCUT2D eigenvalue weighted by Gasteiger charge is -2.13. The minimum atomic E-state index is -1.02. The maximum atomic E-state index is 13.3. The Morgan fingerprint density at radius 1 is 1.10 bits per heavy atom. The van der Waals surface area contributed by atoms with E-state index in [1.807, 2.05) is 0 Å². The molecule has 9 heteroatoms. The number of benzene rings is 2. The first-order valence-electron chi connectivity index (χ1n) is 9.45. The zero-order valence-corrected chi connectivity index (χ0v) is 18.3. The highest BCUT2D eigenvalue weighted by molar-refractivity contribution is 6.42. The normalized spacial score (nSPS) is 12.0. The second-order valence-corrected chi connectivity index (χ2v) is 7.94. The number of phenols is 1. The molecular weight excluding hydrogens is 443 g/mol. The van der Waals surface area contributed by atoms with Gasteiger partial charge in [0.25, 0.3) is 5.91 Å². The van der Waals surface area contributed by atoms with Gasteiger partial charge in [0.2, 0.25) is 5.91 Å². The van der Waals surface area contributed by atoms with Gasteiger partial charge in [0.05, 0.1) is 27.9 Å². The first-order valence-corrected chi connectivity index (χ1v) is 10.2. The topological polar surface area (TPSA) is 109 Å². The molecule has 0 radical (unpaired) electrons. The maximum Gasteiger partial charge on any atom is 0.305 e. The van der Waals surface area contributed by atoms with Crippen LogP contribution in [0.2, 0.25) is 10.0 Å². The number of nitrogens with one attached hydrogen (secondary N) is 1. The van der Waals surface area contributed by atoms with Crippen molar-refractivity contribution in [3.8, 4) is 5.75 Å². The van der Waals surface area contributed by atoms with Crippen molar-refractivity contribution in [2.45, 2.75) is 26.2 Å². The molecule has 31 heavy (non-hydrogen) atoms. The second kappa shape index (κ2) is 8.99. The van der Waals surface area contributed by atoms with Crippen molar-refractivity contribution in [3.05, 3.63) is 63.3 Å². The molecule has 1 heterocycles. The number of nitrogens with zero attached hydrogens (tertiary/aromatic N) is 1. The Morgan fingerprint density at radius 2 is 1.81 bits per heavy atom. The fourth-order valence-electron chi connectivity index (χ4n) is 3.57. The molecule has 0 aliphatic rings. The quantitative estimate of drug-likeness (QED) is 0.504. The Balaban J connectivity index is 2.09. The van der Waals surface area contributed by atoms with Crippen LogP contribution >= 0.6 is 23.2 Å². The Morgan fingerprint density at radius 3 is 2.45 bits per heavy atom. The lowest BCUT2D eigenvalue weighted by Crippen LogP contribution is -2.30. The van der Waals surface area contributed by atoms with E-state index in [9.17, 15) is 19.5 Å². The van der Waals surface area contributed by atoms with Gasteiger partial charge in [-0.1, -0.05) is 23.2 Å². The largest absolute Gasteiger partial charge is 0.508 e. The van der Waals surface area contributed by atoms with Gasteiger partial charge in [0.1, 0.15) is 5.75 Å². The van der Waals surface area contributed by atoms with E-state index in [0.29, 0.717) is 32.7 Å². The van der Waals surface area contributed by atoms with E-state index in [0.717, 1.165) is 0 Å². The van der Waals surface area contributed by atoms with Crippen LogP contribution in [-0.2, 0) is 9.59 Å². The van der Waals surface area contributed by atoms with E-state index in [1.165, 1.54) is 28.8 Å². The highest BCUT2D eigenvalue weighted by Gasteiger charge is 2.27. The lowest BCUT2D eigenvalue weighted by atomic mass is 9.97. The number of carboxylic acid groups (broad SMARTS) is 1. The standard InChI is InChI=1S/C22H20Cl2N2O5/c1-11(21(30)25-8-7-19(28)29)20-12(2)26(18-6-4-14(27)10-15(18)20)22(31)13-3-5-16(23)17(24)9-13/h3-6,9-11,27H,7-8H2,1-2H3,(H,25,30)(H,28,29)/t11-/m0/s1. The van der Waals surface area contributed by atoms with Gasteiger partial charge in [-0.15, -0.1) is 0 Å². The predicted molar refractivity (Wildman–Crippen MR) is 118 cm³/mol. The van der Waals surface area contributed by atoms with Crippen LogP contribution in [0, 0.1) is 6.92 Å². The van der Waals surface area contributed by atoms with Crippen molar-refractivity contribution in [1.29, 1.82) is 0 Å². The third kappa shape index (κ3) is 4.52.